The molecule has 2 aliphatic heterocycles. The van der Waals surface area contributed by atoms with Crippen molar-refractivity contribution < 1.29 is 46.9 Å². The minimum absolute atomic E-state index is 0.0184. The van der Waals surface area contributed by atoms with Crippen LogP contribution in [0.5, 0.6) is 0 Å². The Morgan fingerprint density at radius 2 is 1.86 bits per heavy atom. The maximum absolute atomic E-state index is 15.2. The van der Waals surface area contributed by atoms with Crippen LogP contribution in [0.25, 0.3) is 0 Å². The number of alkyl carbamates (subject to hydrolysis) is 1. The third-order valence-corrected chi connectivity index (χ3v) is 8.59. The SMILES string of the molecule is Cc1cc(F)cc([C@H](c2ccc(F)cc2)[C@@H](NC(=O)O)C(=O)Nc2cncc(F)c2CC[C@@H]2CN[C@H](COC(=O)N[C@@H]3CCCOC3)CO2)c1. The van der Waals surface area contributed by atoms with Crippen LogP contribution in [0.3, 0.4) is 0 Å². The van der Waals surface area contributed by atoms with Crippen LogP contribution in [0, 0.1) is 24.4 Å². The number of halogens is 3. The smallest absolute Gasteiger partial charge is 0.407 e. The van der Waals surface area contributed by atoms with E-state index in [-0.39, 0.29) is 54.6 Å². The molecule has 3 aromatic rings. The molecule has 5 N–H and O–H groups in total. The maximum Gasteiger partial charge on any atom is 0.407 e. The molecule has 2 fully saturated rings. The Morgan fingerprint density at radius 1 is 1.06 bits per heavy atom. The highest BCUT2D eigenvalue weighted by molar-refractivity contribution is 5.98. The van der Waals surface area contributed by atoms with E-state index in [1.165, 1.54) is 30.5 Å². The third-order valence-electron chi connectivity index (χ3n) is 8.59. The summed E-state index contributed by atoms with van der Waals surface area (Å²) in [6.45, 7) is 3.53. The zero-order chi connectivity index (χ0) is 35.6. The van der Waals surface area contributed by atoms with Gasteiger partial charge in [-0.3, -0.25) is 9.78 Å². The van der Waals surface area contributed by atoms with E-state index in [0.29, 0.717) is 37.3 Å². The molecule has 12 nitrogen and oxygen atoms in total. The molecule has 0 aliphatic carbocycles. The molecule has 0 bridgehead atoms. The summed E-state index contributed by atoms with van der Waals surface area (Å²) in [5, 5.41) is 20.6. The zero-order valence-corrected chi connectivity index (χ0v) is 27.4. The quantitative estimate of drug-likeness (QED) is 0.185. The molecule has 50 heavy (non-hydrogen) atoms. The molecule has 5 atom stereocenters. The lowest BCUT2D eigenvalue weighted by Gasteiger charge is -2.30. The number of benzene rings is 2. The van der Waals surface area contributed by atoms with Crippen LogP contribution in [0.2, 0.25) is 0 Å². The Balaban J connectivity index is 1.24. The Hall–Kier alpha value is -4.73. The Labute approximate surface area is 287 Å². The minimum atomic E-state index is -1.54. The van der Waals surface area contributed by atoms with Crippen molar-refractivity contribution >= 4 is 23.8 Å². The molecule has 2 saturated heterocycles. The van der Waals surface area contributed by atoms with Gasteiger partial charge in [0.1, 0.15) is 30.1 Å². The van der Waals surface area contributed by atoms with Crippen LogP contribution >= 0.6 is 0 Å². The first-order chi connectivity index (χ1) is 24.0. The molecule has 0 spiro atoms. The Bertz CT molecular complexity index is 1610. The molecular formula is C35H40F3N5O7. The van der Waals surface area contributed by atoms with E-state index in [0.717, 1.165) is 31.2 Å². The number of aromatic nitrogens is 1. The van der Waals surface area contributed by atoms with Gasteiger partial charge in [-0.25, -0.2) is 22.8 Å². The van der Waals surface area contributed by atoms with Crippen LogP contribution in [-0.4, -0.2) is 85.4 Å². The first-order valence-corrected chi connectivity index (χ1v) is 16.4. The number of pyridine rings is 1. The monoisotopic (exact) mass is 699 g/mol. The van der Waals surface area contributed by atoms with Gasteiger partial charge in [-0.2, -0.15) is 0 Å². The van der Waals surface area contributed by atoms with Gasteiger partial charge in [0.25, 0.3) is 0 Å². The average molecular weight is 700 g/mol. The second-order valence-corrected chi connectivity index (χ2v) is 12.4. The first-order valence-electron chi connectivity index (χ1n) is 16.4. The van der Waals surface area contributed by atoms with Crippen LogP contribution in [0.4, 0.5) is 28.4 Å². The number of anilines is 1. The highest BCUT2D eigenvalue weighted by atomic mass is 19.1. The predicted molar refractivity (Wildman–Crippen MR) is 175 cm³/mol. The number of carboxylic acid groups (broad SMARTS) is 1. The largest absolute Gasteiger partial charge is 0.465 e. The van der Waals surface area contributed by atoms with Crippen LogP contribution in [0.15, 0.2) is 54.9 Å². The number of carbonyl (C=O) groups excluding carboxylic acids is 2. The van der Waals surface area contributed by atoms with Crippen molar-refractivity contribution in [3.63, 3.8) is 0 Å². The summed E-state index contributed by atoms with van der Waals surface area (Å²) < 4.78 is 60.2. The number of hydrogen-bond donors (Lipinski definition) is 5. The number of nitrogens with one attached hydrogen (secondary N) is 4. The third kappa shape index (κ3) is 10.2. The summed E-state index contributed by atoms with van der Waals surface area (Å²) in [5.74, 6) is -3.80. The van der Waals surface area contributed by atoms with E-state index in [1.54, 1.807) is 13.0 Å². The molecule has 0 saturated carbocycles. The summed E-state index contributed by atoms with van der Waals surface area (Å²) in [6, 6.07) is 7.28. The fraction of sp³-hybridized carbons (Fsp3) is 0.429. The molecule has 3 heterocycles. The van der Waals surface area contributed by atoms with E-state index >= 15 is 4.39 Å². The van der Waals surface area contributed by atoms with E-state index in [2.05, 4.69) is 26.3 Å². The summed E-state index contributed by atoms with van der Waals surface area (Å²) in [4.78, 5) is 41.8. The number of rotatable bonds is 12. The van der Waals surface area contributed by atoms with E-state index < -0.39 is 47.5 Å². The van der Waals surface area contributed by atoms with Crippen molar-refractivity contribution in [2.45, 2.75) is 62.8 Å². The van der Waals surface area contributed by atoms with Crippen molar-refractivity contribution in [1.82, 2.24) is 20.9 Å². The number of nitrogens with zero attached hydrogens (tertiary/aromatic N) is 1. The van der Waals surface area contributed by atoms with E-state index in [1.807, 2.05) is 0 Å². The molecular weight excluding hydrogens is 659 g/mol. The average Bonchev–Trinajstić information content (AvgIpc) is 3.08. The Kier molecular flexibility index (Phi) is 12.6. The maximum atomic E-state index is 15.2. The normalized spacial score (nSPS) is 20.3. The lowest BCUT2D eigenvalue weighted by molar-refractivity contribution is -0.118. The van der Waals surface area contributed by atoms with Gasteiger partial charge in [-0.15, -0.1) is 0 Å². The standard InChI is InChI=1S/C35H40F3N5O7/c1-20-11-22(13-24(37)12-20)31(21-4-6-23(36)7-5-21)32(43-34(45)46)33(44)42-30-16-39-15-29(38)28(30)9-8-27-14-40-26(18-49-27)19-50-35(47)41-25-3-2-10-48-17-25/h4-7,11-13,15-16,25-27,31-32,40,43H,2-3,8-10,14,17-19H2,1H3,(H,41,47)(H,42,44)(H,45,46)/t25-,26+,27-,31+,32-/m1/s1. The molecule has 15 heteroatoms. The molecule has 2 aromatic carbocycles. The minimum Gasteiger partial charge on any atom is -0.465 e. The zero-order valence-electron chi connectivity index (χ0n) is 27.4. The van der Waals surface area contributed by atoms with Crippen LogP contribution < -0.4 is 21.3 Å². The van der Waals surface area contributed by atoms with Crippen LogP contribution in [0.1, 0.15) is 47.4 Å². The van der Waals surface area contributed by atoms with Gasteiger partial charge in [0, 0.05) is 24.6 Å². The van der Waals surface area contributed by atoms with Gasteiger partial charge in [0.2, 0.25) is 5.91 Å². The van der Waals surface area contributed by atoms with Crippen molar-refractivity contribution in [2.75, 3.05) is 38.3 Å². The highest BCUT2D eigenvalue weighted by Crippen LogP contribution is 2.31. The van der Waals surface area contributed by atoms with E-state index in [9.17, 15) is 28.3 Å². The summed E-state index contributed by atoms with van der Waals surface area (Å²) in [5.41, 5.74) is 1.27. The van der Waals surface area contributed by atoms with Gasteiger partial charge in [0.15, 0.2) is 0 Å². The van der Waals surface area contributed by atoms with Gasteiger partial charge in [-0.05, 0) is 73.6 Å². The molecule has 0 radical (unpaired) electrons. The van der Waals surface area contributed by atoms with Crippen molar-refractivity contribution in [3.05, 3.63) is 94.6 Å². The lowest BCUT2D eigenvalue weighted by Crippen LogP contribution is -2.50. The number of aryl methyl sites for hydroxylation is 1. The molecule has 268 valence electrons. The van der Waals surface area contributed by atoms with Gasteiger partial charge < -0.3 is 40.6 Å². The topological polar surface area (TPSA) is 160 Å². The molecule has 2 aliphatic rings. The molecule has 1 aromatic heterocycles. The second kappa shape index (κ2) is 17.3. The van der Waals surface area contributed by atoms with Gasteiger partial charge in [0.05, 0.1) is 49.5 Å². The number of ether oxygens (including phenoxy) is 3. The van der Waals surface area contributed by atoms with Crippen molar-refractivity contribution in [1.29, 1.82) is 0 Å². The lowest BCUT2D eigenvalue weighted by atomic mass is 9.83. The fourth-order valence-corrected chi connectivity index (χ4v) is 6.16. The van der Waals surface area contributed by atoms with Crippen molar-refractivity contribution in [3.8, 4) is 0 Å². The van der Waals surface area contributed by atoms with Crippen LogP contribution in [-0.2, 0) is 25.4 Å². The van der Waals surface area contributed by atoms with E-state index in [4.69, 9.17) is 14.2 Å². The number of carbonyl (C=O) groups is 3. The number of amides is 3. The summed E-state index contributed by atoms with van der Waals surface area (Å²) in [6.07, 6.45) is 2.06. The summed E-state index contributed by atoms with van der Waals surface area (Å²) in [7, 11) is 0. The predicted octanol–water partition coefficient (Wildman–Crippen LogP) is 4.41. The van der Waals surface area contributed by atoms with Gasteiger partial charge in [-0.1, -0.05) is 18.2 Å². The second-order valence-electron chi connectivity index (χ2n) is 12.4. The molecule has 5 rings (SSSR count). The Morgan fingerprint density at radius 3 is 2.54 bits per heavy atom. The highest BCUT2D eigenvalue weighted by Gasteiger charge is 2.34. The van der Waals surface area contributed by atoms with Crippen molar-refractivity contribution in [2.24, 2.45) is 0 Å². The summed E-state index contributed by atoms with van der Waals surface area (Å²) >= 11 is 0. The molecule has 0 unspecified atom stereocenters. The molecule has 3 amide bonds. The number of morpholine rings is 1. The van der Waals surface area contributed by atoms with Gasteiger partial charge >= 0.3 is 12.2 Å². The fourth-order valence-electron chi connectivity index (χ4n) is 6.16. The first kappa shape index (κ1) is 36.5. The number of hydrogen-bond acceptors (Lipinski definition) is 8.